The smallest absolute Gasteiger partial charge is 0.137 e. The van der Waals surface area contributed by atoms with Gasteiger partial charge in [-0.05, 0) is 12.1 Å². The van der Waals surface area contributed by atoms with Crippen molar-refractivity contribution in [1.82, 2.24) is 0 Å². The first-order valence-corrected chi connectivity index (χ1v) is 8.70. The molecule has 3 aromatic rings. The van der Waals surface area contributed by atoms with Crippen LogP contribution in [0.4, 0.5) is 0 Å². The normalized spacial score (nSPS) is 16.3. The zero-order valence-corrected chi connectivity index (χ0v) is 14.5. The van der Waals surface area contributed by atoms with Crippen molar-refractivity contribution >= 4 is 11.5 Å². The van der Waals surface area contributed by atoms with E-state index in [1.165, 1.54) is 0 Å². The van der Waals surface area contributed by atoms with Gasteiger partial charge in [0.1, 0.15) is 17.3 Å². The molecule has 1 aliphatic heterocycles. The zero-order chi connectivity index (χ0) is 18.6. The first-order chi connectivity index (χ1) is 13.3. The molecule has 4 rings (SSSR count). The van der Waals surface area contributed by atoms with Crippen LogP contribution in [-0.4, -0.2) is 5.11 Å². The third-order valence-electron chi connectivity index (χ3n) is 4.58. The van der Waals surface area contributed by atoms with Gasteiger partial charge in [-0.2, -0.15) is 5.26 Å². The Hall–Kier alpha value is -3.77. The van der Waals surface area contributed by atoms with E-state index in [-0.39, 0.29) is 5.76 Å². The Labute approximate surface area is 158 Å². The number of aliphatic hydroxyl groups is 1. The Kier molecular flexibility index (Phi) is 4.47. The summed E-state index contributed by atoms with van der Waals surface area (Å²) in [6, 6.07) is 28.7. The van der Waals surface area contributed by atoms with Crippen LogP contribution >= 0.6 is 0 Å². The van der Waals surface area contributed by atoms with Crippen molar-refractivity contribution in [1.29, 1.82) is 5.26 Å². The zero-order valence-electron chi connectivity index (χ0n) is 14.5. The van der Waals surface area contributed by atoms with E-state index in [1.807, 2.05) is 78.9 Å². The lowest BCUT2D eigenvalue weighted by molar-refractivity contribution is 0.486. The highest BCUT2D eigenvalue weighted by Crippen LogP contribution is 2.42. The van der Waals surface area contributed by atoms with Crippen molar-refractivity contribution in [2.24, 2.45) is 0 Å². The predicted molar refractivity (Wildman–Crippen MR) is 106 cm³/mol. The fourth-order valence-electron chi connectivity index (χ4n) is 3.24. The van der Waals surface area contributed by atoms with E-state index in [0.717, 1.165) is 11.1 Å². The van der Waals surface area contributed by atoms with Gasteiger partial charge >= 0.3 is 0 Å². The van der Waals surface area contributed by atoms with Crippen molar-refractivity contribution in [2.45, 2.75) is 5.92 Å². The number of nitriles is 1. The first-order valence-electron chi connectivity index (χ1n) is 8.70. The molecule has 1 aliphatic rings. The largest absolute Gasteiger partial charge is 0.506 e. The lowest BCUT2D eigenvalue weighted by atomic mass is 9.86. The van der Waals surface area contributed by atoms with Crippen LogP contribution in [0.3, 0.4) is 0 Å². The van der Waals surface area contributed by atoms with Crippen LogP contribution in [0.2, 0.25) is 0 Å². The van der Waals surface area contributed by atoms with Crippen LogP contribution in [0, 0.1) is 11.3 Å². The number of para-hydroxylation sites is 1. The minimum Gasteiger partial charge on any atom is -0.506 e. The highest BCUT2D eigenvalue weighted by molar-refractivity contribution is 5.74. The second-order valence-electron chi connectivity index (χ2n) is 6.25. The molecule has 1 unspecified atom stereocenters. The van der Waals surface area contributed by atoms with Crippen LogP contribution in [-0.2, 0) is 0 Å². The maximum Gasteiger partial charge on any atom is 0.137 e. The molecule has 3 heteroatoms. The summed E-state index contributed by atoms with van der Waals surface area (Å²) in [5, 5.41) is 20.7. The van der Waals surface area contributed by atoms with E-state index in [4.69, 9.17) is 4.74 Å². The number of nitrogens with zero attached hydrogens (tertiary/aromatic N) is 1. The second kappa shape index (κ2) is 7.23. The van der Waals surface area contributed by atoms with Gasteiger partial charge in [0.25, 0.3) is 0 Å². The molecule has 0 aliphatic carbocycles. The molecule has 1 atom stereocenters. The number of hydrogen-bond donors (Lipinski definition) is 1. The number of fused-ring (bicyclic) bond motifs is 1. The molecule has 0 spiro atoms. The standard InChI is InChI=1S/C24H17NO2/c25-16-21(24(26)18-11-5-2-6-12-18)20-15-23(17-9-3-1-4-10-17)27-22-14-8-7-13-19(20)22/h1-15,20,26H/b24-21-. The molecule has 27 heavy (non-hydrogen) atoms. The monoisotopic (exact) mass is 351 g/mol. The van der Waals surface area contributed by atoms with Crippen molar-refractivity contribution < 1.29 is 9.84 Å². The molecule has 3 aromatic carbocycles. The number of allylic oxidation sites excluding steroid dienone is 2. The highest BCUT2D eigenvalue weighted by Gasteiger charge is 2.28. The van der Waals surface area contributed by atoms with Crippen molar-refractivity contribution in [3.63, 3.8) is 0 Å². The van der Waals surface area contributed by atoms with Crippen LogP contribution in [0.5, 0.6) is 5.75 Å². The van der Waals surface area contributed by atoms with E-state index in [9.17, 15) is 10.4 Å². The number of aliphatic hydroxyl groups excluding tert-OH is 1. The van der Waals surface area contributed by atoms with Gasteiger partial charge in [0, 0.05) is 22.6 Å². The molecule has 0 saturated heterocycles. The SMILES string of the molecule is N#C/C(=C(/O)c1ccccc1)C1C=C(c2ccccc2)Oc2ccccc21. The van der Waals surface area contributed by atoms with Crippen molar-refractivity contribution in [3.8, 4) is 11.8 Å². The van der Waals surface area contributed by atoms with Gasteiger partial charge in [-0.3, -0.25) is 0 Å². The topological polar surface area (TPSA) is 53.2 Å². The lowest BCUT2D eigenvalue weighted by Gasteiger charge is -2.25. The summed E-state index contributed by atoms with van der Waals surface area (Å²) in [7, 11) is 0. The molecule has 130 valence electrons. The molecule has 0 fully saturated rings. The highest BCUT2D eigenvalue weighted by atomic mass is 16.5. The summed E-state index contributed by atoms with van der Waals surface area (Å²) >= 11 is 0. The van der Waals surface area contributed by atoms with Crippen LogP contribution in [0.1, 0.15) is 22.6 Å². The Morgan fingerprint density at radius 1 is 0.852 bits per heavy atom. The molecule has 3 nitrogen and oxygen atoms in total. The summed E-state index contributed by atoms with van der Waals surface area (Å²) in [5.74, 6) is 0.962. The minimum atomic E-state index is -0.393. The predicted octanol–water partition coefficient (Wildman–Crippen LogP) is 5.70. The van der Waals surface area contributed by atoms with E-state index in [2.05, 4.69) is 6.07 Å². The van der Waals surface area contributed by atoms with Gasteiger partial charge in [0.2, 0.25) is 0 Å². The third kappa shape index (κ3) is 3.21. The quantitative estimate of drug-likeness (QED) is 0.487. The van der Waals surface area contributed by atoms with Gasteiger partial charge in [-0.15, -0.1) is 0 Å². The van der Waals surface area contributed by atoms with Gasteiger partial charge in [-0.1, -0.05) is 78.9 Å². The number of ether oxygens (including phenoxy) is 1. The molecular formula is C24H17NO2. The van der Waals surface area contributed by atoms with Gasteiger partial charge in [0.05, 0.1) is 11.6 Å². The Morgan fingerprint density at radius 3 is 2.19 bits per heavy atom. The van der Waals surface area contributed by atoms with Gasteiger partial charge in [0.15, 0.2) is 0 Å². The average Bonchev–Trinajstić information content (AvgIpc) is 2.75. The van der Waals surface area contributed by atoms with Crippen molar-refractivity contribution in [2.75, 3.05) is 0 Å². The minimum absolute atomic E-state index is 0.0107. The third-order valence-corrected chi connectivity index (χ3v) is 4.58. The Bertz CT molecular complexity index is 1060. The van der Waals surface area contributed by atoms with Gasteiger partial charge in [-0.25, -0.2) is 0 Å². The van der Waals surface area contributed by atoms with Crippen LogP contribution in [0.15, 0.2) is 96.6 Å². The Morgan fingerprint density at radius 2 is 1.48 bits per heavy atom. The average molecular weight is 351 g/mol. The van der Waals surface area contributed by atoms with Crippen LogP contribution in [0.25, 0.3) is 11.5 Å². The number of benzene rings is 3. The van der Waals surface area contributed by atoms with E-state index in [1.54, 1.807) is 12.1 Å². The molecule has 0 bridgehead atoms. The summed E-state index contributed by atoms with van der Waals surface area (Å²) in [6.07, 6.45) is 1.90. The van der Waals surface area contributed by atoms with Crippen molar-refractivity contribution in [3.05, 3.63) is 113 Å². The molecule has 1 N–H and O–H groups in total. The maximum absolute atomic E-state index is 10.8. The fraction of sp³-hybridized carbons (Fsp3) is 0.0417. The second-order valence-corrected chi connectivity index (χ2v) is 6.25. The molecule has 0 aromatic heterocycles. The lowest BCUT2D eigenvalue weighted by Crippen LogP contribution is -2.11. The van der Waals surface area contributed by atoms with Gasteiger partial charge < -0.3 is 9.84 Å². The van der Waals surface area contributed by atoms with E-state index < -0.39 is 5.92 Å². The van der Waals surface area contributed by atoms with E-state index >= 15 is 0 Å². The Balaban J connectivity index is 1.88. The van der Waals surface area contributed by atoms with Crippen LogP contribution < -0.4 is 4.74 Å². The molecule has 0 radical (unpaired) electrons. The molecular weight excluding hydrogens is 334 g/mol. The summed E-state index contributed by atoms with van der Waals surface area (Å²) in [6.45, 7) is 0. The summed E-state index contributed by atoms with van der Waals surface area (Å²) in [4.78, 5) is 0. The molecule has 1 heterocycles. The first kappa shape index (κ1) is 16.7. The maximum atomic E-state index is 10.8. The fourth-order valence-corrected chi connectivity index (χ4v) is 3.24. The number of hydrogen-bond acceptors (Lipinski definition) is 3. The number of rotatable bonds is 3. The molecule has 0 amide bonds. The van der Waals surface area contributed by atoms with E-state index in [0.29, 0.717) is 22.6 Å². The summed E-state index contributed by atoms with van der Waals surface area (Å²) < 4.78 is 6.08. The summed E-state index contributed by atoms with van der Waals surface area (Å²) in [5.41, 5.74) is 2.70. The molecule has 0 saturated carbocycles.